The molecule has 0 aliphatic heterocycles. The Kier molecular flexibility index (Phi) is 3.17. The van der Waals surface area contributed by atoms with Gasteiger partial charge in [-0.2, -0.15) is 0 Å². The van der Waals surface area contributed by atoms with Crippen molar-refractivity contribution >= 4 is 11.6 Å². The van der Waals surface area contributed by atoms with Gasteiger partial charge in [0, 0.05) is 18.4 Å². The van der Waals surface area contributed by atoms with Gasteiger partial charge in [0.2, 0.25) is 0 Å². The first-order valence-electron chi connectivity index (χ1n) is 5.71. The average molecular weight is 241 g/mol. The molecule has 3 nitrogen and oxygen atoms in total. The summed E-state index contributed by atoms with van der Waals surface area (Å²) in [5.74, 6) is 0.751. The van der Waals surface area contributed by atoms with Gasteiger partial charge in [-0.25, -0.2) is 9.97 Å². The molecule has 0 bridgehead atoms. The smallest absolute Gasteiger partial charge is 0.162 e. The van der Waals surface area contributed by atoms with E-state index in [2.05, 4.69) is 16.9 Å². The van der Waals surface area contributed by atoms with Crippen molar-refractivity contribution < 1.29 is 4.74 Å². The van der Waals surface area contributed by atoms with E-state index in [4.69, 9.17) is 16.3 Å². The Hall–Kier alpha value is -0.670. The van der Waals surface area contributed by atoms with Crippen LogP contribution in [0.5, 0.6) is 0 Å². The van der Waals surface area contributed by atoms with Gasteiger partial charge in [-0.1, -0.05) is 18.5 Å². The third kappa shape index (κ3) is 1.72. The molecule has 0 unspecified atom stereocenters. The fourth-order valence-electron chi connectivity index (χ4n) is 2.18. The zero-order valence-corrected chi connectivity index (χ0v) is 10.8. The minimum Gasteiger partial charge on any atom is -0.370 e. The van der Waals surface area contributed by atoms with Gasteiger partial charge in [0.25, 0.3) is 0 Å². The minimum absolute atomic E-state index is 0.277. The van der Waals surface area contributed by atoms with Crippen LogP contribution >= 0.6 is 11.6 Å². The molecule has 1 saturated carbocycles. The molecule has 0 spiro atoms. The number of hydrogen-bond acceptors (Lipinski definition) is 3. The summed E-state index contributed by atoms with van der Waals surface area (Å²) >= 11 is 6.17. The Labute approximate surface area is 101 Å². The molecular weight excluding hydrogens is 224 g/mol. The highest BCUT2D eigenvalue weighted by Gasteiger charge is 2.42. The van der Waals surface area contributed by atoms with Crippen molar-refractivity contribution in [2.45, 2.75) is 45.1 Å². The monoisotopic (exact) mass is 240 g/mol. The Morgan fingerprint density at radius 2 is 2.06 bits per heavy atom. The molecule has 0 radical (unpaired) electrons. The van der Waals surface area contributed by atoms with Crippen LogP contribution in [0.4, 0.5) is 0 Å². The van der Waals surface area contributed by atoms with E-state index < -0.39 is 0 Å². The maximum absolute atomic E-state index is 6.17. The molecule has 1 aromatic heterocycles. The number of hydrogen-bond donors (Lipinski definition) is 0. The topological polar surface area (TPSA) is 35.0 Å². The van der Waals surface area contributed by atoms with E-state index in [0.717, 1.165) is 36.3 Å². The normalized spacial score (nSPS) is 18.2. The number of nitrogens with zero attached hydrogens (tertiary/aromatic N) is 2. The van der Waals surface area contributed by atoms with E-state index >= 15 is 0 Å². The van der Waals surface area contributed by atoms with Crippen LogP contribution in [0, 0.1) is 6.92 Å². The molecule has 2 rings (SSSR count). The highest BCUT2D eigenvalue weighted by Crippen LogP contribution is 2.43. The fraction of sp³-hybridized carbons (Fsp3) is 0.667. The van der Waals surface area contributed by atoms with Gasteiger partial charge in [0.05, 0.1) is 0 Å². The third-order valence-corrected chi connectivity index (χ3v) is 3.79. The Morgan fingerprint density at radius 1 is 1.38 bits per heavy atom. The van der Waals surface area contributed by atoms with Gasteiger partial charge in [-0.15, -0.1) is 0 Å². The largest absolute Gasteiger partial charge is 0.370 e. The molecule has 1 fully saturated rings. The second-order valence-electron chi connectivity index (χ2n) is 4.31. The van der Waals surface area contributed by atoms with Crippen LogP contribution in [0.25, 0.3) is 0 Å². The first-order valence-corrected chi connectivity index (χ1v) is 6.09. The summed E-state index contributed by atoms with van der Waals surface area (Å²) in [5.41, 5.74) is 1.73. The van der Waals surface area contributed by atoms with Gasteiger partial charge in [0.15, 0.2) is 5.82 Å². The van der Waals surface area contributed by atoms with Crippen LogP contribution in [0.1, 0.15) is 43.3 Å². The molecule has 1 aromatic rings. The van der Waals surface area contributed by atoms with Gasteiger partial charge < -0.3 is 4.74 Å². The molecule has 1 aliphatic carbocycles. The van der Waals surface area contributed by atoms with E-state index in [1.54, 1.807) is 7.11 Å². The average Bonchev–Trinajstić information content (AvgIpc) is 2.16. The maximum atomic E-state index is 6.17. The van der Waals surface area contributed by atoms with Gasteiger partial charge in [-0.3, -0.25) is 0 Å². The van der Waals surface area contributed by atoms with Crippen molar-refractivity contribution in [3.63, 3.8) is 0 Å². The van der Waals surface area contributed by atoms with Crippen LogP contribution < -0.4 is 0 Å². The zero-order valence-electron chi connectivity index (χ0n) is 10.0. The molecule has 0 atom stereocenters. The van der Waals surface area contributed by atoms with Crippen LogP contribution in [0.3, 0.4) is 0 Å². The van der Waals surface area contributed by atoms with Crippen LogP contribution in [0.2, 0.25) is 5.15 Å². The molecule has 0 saturated heterocycles. The van der Waals surface area contributed by atoms with E-state index in [1.165, 1.54) is 6.42 Å². The first kappa shape index (κ1) is 11.8. The van der Waals surface area contributed by atoms with Crippen molar-refractivity contribution in [2.24, 2.45) is 0 Å². The zero-order chi connectivity index (χ0) is 11.8. The molecule has 1 heterocycles. The number of ether oxygens (including phenoxy) is 1. The molecule has 0 aromatic carbocycles. The lowest BCUT2D eigenvalue weighted by Gasteiger charge is -2.39. The Morgan fingerprint density at radius 3 is 2.44 bits per heavy atom. The SMILES string of the molecule is CCc1c(C)nc(C2(OC)CCC2)nc1Cl. The van der Waals surface area contributed by atoms with Crippen LogP contribution in [-0.2, 0) is 16.8 Å². The summed E-state index contributed by atoms with van der Waals surface area (Å²) < 4.78 is 5.56. The highest BCUT2D eigenvalue weighted by atomic mass is 35.5. The molecule has 0 amide bonds. The van der Waals surface area contributed by atoms with Crippen LogP contribution in [-0.4, -0.2) is 17.1 Å². The van der Waals surface area contributed by atoms with E-state index in [0.29, 0.717) is 5.15 Å². The number of rotatable bonds is 3. The highest BCUT2D eigenvalue weighted by molar-refractivity contribution is 6.30. The lowest BCUT2D eigenvalue weighted by molar-refractivity contribution is -0.0847. The number of aromatic nitrogens is 2. The summed E-state index contributed by atoms with van der Waals surface area (Å²) in [5, 5.41) is 0.577. The molecule has 16 heavy (non-hydrogen) atoms. The van der Waals surface area contributed by atoms with Crippen molar-refractivity contribution in [1.82, 2.24) is 9.97 Å². The predicted molar refractivity (Wildman–Crippen MR) is 63.7 cm³/mol. The third-order valence-electron chi connectivity index (χ3n) is 3.48. The fourth-order valence-corrected chi connectivity index (χ4v) is 2.53. The van der Waals surface area contributed by atoms with E-state index in [-0.39, 0.29) is 5.60 Å². The summed E-state index contributed by atoms with van der Waals surface area (Å²) in [6.07, 6.45) is 4.02. The van der Waals surface area contributed by atoms with Crippen molar-refractivity contribution in [2.75, 3.05) is 7.11 Å². The standard InChI is InChI=1S/C12H17ClN2O/c1-4-9-8(2)14-11(15-10(9)13)12(16-3)6-5-7-12/h4-7H2,1-3H3. The van der Waals surface area contributed by atoms with Crippen LogP contribution in [0.15, 0.2) is 0 Å². The van der Waals surface area contributed by atoms with Crippen molar-refractivity contribution in [3.8, 4) is 0 Å². The summed E-state index contributed by atoms with van der Waals surface area (Å²) in [6, 6.07) is 0. The predicted octanol–water partition coefficient (Wildman–Crippen LogP) is 3.03. The maximum Gasteiger partial charge on any atom is 0.162 e. The van der Waals surface area contributed by atoms with Crippen molar-refractivity contribution in [3.05, 3.63) is 22.2 Å². The number of halogens is 1. The summed E-state index contributed by atoms with van der Waals surface area (Å²) in [6.45, 7) is 4.05. The van der Waals surface area contributed by atoms with Gasteiger partial charge >= 0.3 is 0 Å². The van der Waals surface area contributed by atoms with Gasteiger partial charge in [-0.05, 0) is 32.6 Å². The van der Waals surface area contributed by atoms with Crippen molar-refractivity contribution in [1.29, 1.82) is 0 Å². The lowest BCUT2D eigenvalue weighted by atomic mass is 9.79. The molecule has 88 valence electrons. The summed E-state index contributed by atoms with van der Waals surface area (Å²) in [7, 11) is 1.72. The molecule has 0 N–H and O–H groups in total. The molecule has 4 heteroatoms. The second kappa shape index (κ2) is 4.30. The van der Waals surface area contributed by atoms with Gasteiger partial charge in [0.1, 0.15) is 10.8 Å². The Bertz CT molecular complexity index is 373. The summed E-state index contributed by atoms with van der Waals surface area (Å²) in [4.78, 5) is 8.95. The first-order chi connectivity index (χ1) is 7.63. The molecule has 1 aliphatic rings. The quantitative estimate of drug-likeness (QED) is 0.762. The second-order valence-corrected chi connectivity index (χ2v) is 4.67. The minimum atomic E-state index is -0.277. The lowest BCUT2D eigenvalue weighted by Crippen LogP contribution is -2.38. The number of aryl methyl sites for hydroxylation is 1. The van der Waals surface area contributed by atoms with E-state index in [1.807, 2.05) is 6.92 Å². The van der Waals surface area contributed by atoms with E-state index in [9.17, 15) is 0 Å². The number of methoxy groups -OCH3 is 1. The molecular formula is C12H17ClN2O. The Balaban J connectivity index is 2.43.